The summed E-state index contributed by atoms with van der Waals surface area (Å²) >= 11 is 0. The van der Waals surface area contributed by atoms with Gasteiger partial charge in [0, 0.05) is 0 Å². The van der Waals surface area contributed by atoms with Gasteiger partial charge in [-0.2, -0.15) is 0 Å². The van der Waals surface area contributed by atoms with Crippen molar-refractivity contribution >= 4 is 12.3 Å². The highest BCUT2D eigenvalue weighted by Crippen LogP contribution is 2.29. The maximum atomic E-state index is 11.8. The van der Waals surface area contributed by atoms with E-state index in [1.807, 2.05) is 0 Å². The van der Waals surface area contributed by atoms with Crippen LogP contribution in [0.2, 0.25) is 0 Å². The minimum absolute atomic E-state index is 0.359. The van der Waals surface area contributed by atoms with Gasteiger partial charge in [0.25, 0.3) is 0 Å². The highest BCUT2D eigenvalue weighted by atomic mass is 16.7. The molecule has 1 rings (SSSR count). The van der Waals surface area contributed by atoms with Crippen LogP contribution in [0, 0.1) is 23.7 Å². The topological polar surface area (TPSA) is 71.1 Å². The molecule has 0 aliphatic heterocycles. The molecule has 0 aromatic rings. The van der Waals surface area contributed by atoms with Gasteiger partial charge in [-0.1, -0.05) is 53.4 Å². The van der Waals surface area contributed by atoms with E-state index < -0.39 is 12.3 Å². The van der Waals surface area contributed by atoms with Crippen molar-refractivity contribution in [3.8, 4) is 0 Å². The molecule has 2 unspecified atom stereocenters. The van der Waals surface area contributed by atoms with Crippen LogP contribution < -0.4 is 0 Å². The molecule has 1 fully saturated rings. The Balaban J connectivity index is 2.12. The summed E-state index contributed by atoms with van der Waals surface area (Å²) in [6.45, 7) is 10.2. The molecular formula is C24H44O6. The number of carbonyl (C=O) groups is 2. The number of rotatable bonds is 14. The molecule has 0 heterocycles. The fourth-order valence-corrected chi connectivity index (χ4v) is 4.02. The van der Waals surface area contributed by atoms with Crippen molar-refractivity contribution in [1.29, 1.82) is 0 Å². The van der Waals surface area contributed by atoms with Gasteiger partial charge in [-0.15, -0.1) is 0 Å². The Morgan fingerprint density at radius 1 is 0.667 bits per heavy atom. The summed E-state index contributed by atoms with van der Waals surface area (Å²) in [7, 11) is 0. The van der Waals surface area contributed by atoms with Crippen LogP contribution in [-0.2, 0) is 18.9 Å². The number of hydrogen-bond acceptors (Lipinski definition) is 6. The summed E-state index contributed by atoms with van der Waals surface area (Å²) in [5, 5.41) is 0. The quantitative estimate of drug-likeness (QED) is 0.285. The zero-order valence-electron chi connectivity index (χ0n) is 19.7. The summed E-state index contributed by atoms with van der Waals surface area (Å²) in [4.78, 5) is 23.6. The van der Waals surface area contributed by atoms with E-state index in [4.69, 9.17) is 18.9 Å². The largest absolute Gasteiger partial charge is 0.508 e. The fraction of sp³-hybridized carbons (Fsp3) is 0.917. The molecule has 0 aromatic heterocycles. The average Bonchev–Trinajstić information content (AvgIpc) is 2.77. The van der Waals surface area contributed by atoms with Gasteiger partial charge in [0.15, 0.2) is 0 Å². The van der Waals surface area contributed by atoms with Gasteiger partial charge in [0.05, 0.1) is 26.4 Å². The Hall–Kier alpha value is -1.46. The Bertz CT molecular complexity index is 417. The van der Waals surface area contributed by atoms with Crippen LogP contribution in [0.25, 0.3) is 0 Å². The van der Waals surface area contributed by atoms with Crippen LogP contribution in [0.5, 0.6) is 0 Å². The Kier molecular flexibility index (Phi) is 14.4. The monoisotopic (exact) mass is 428 g/mol. The number of carbonyl (C=O) groups excluding carboxylic acids is 2. The van der Waals surface area contributed by atoms with Crippen LogP contribution in [0.3, 0.4) is 0 Å². The van der Waals surface area contributed by atoms with Gasteiger partial charge in [-0.05, 0) is 62.2 Å². The first-order chi connectivity index (χ1) is 14.5. The van der Waals surface area contributed by atoms with Gasteiger partial charge in [0.1, 0.15) is 0 Å². The lowest BCUT2D eigenvalue weighted by Gasteiger charge is -2.27. The Morgan fingerprint density at radius 3 is 1.33 bits per heavy atom. The van der Waals surface area contributed by atoms with Crippen molar-refractivity contribution in [3.05, 3.63) is 0 Å². The molecule has 0 spiro atoms. The van der Waals surface area contributed by atoms with Crippen molar-refractivity contribution in [1.82, 2.24) is 0 Å². The van der Waals surface area contributed by atoms with Gasteiger partial charge in [-0.3, -0.25) is 0 Å². The van der Waals surface area contributed by atoms with Crippen molar-refractivity contribution in [3.63, 3.8) is 0 Å². The first-order valence-corrected chi connectivity index (χ1v) is 12.1. The van der Waals surface area contributed by atoms with Crippen LogP contribution in [0.15, 0.2) is 0 Å². The second-order valence-electron chi connectivity index (χ2n) is 8.76. The van der Waals surface area contributed by atoms with Crippen molar-refractivity contribution in [2.45, 2.75) is 91.9 Å². The van der Waals surface area contributed by atoms with E-state index in [2.05, 4.69) is 27.7 Å². The van der Waals surface area contributed by atoms with Crippen LogP contribution in [0.1, 0.15) is 91.9 Å². The molecule has 0 N–H and O–H groups in total. The maximum Gasteiger partial charge on any atom is 0.508 e. The minimum Gasteiger partial charge on any atom is -0.434 e. The first kappa shape index (κ1) is 26.6. The molecule has 0 saturated heterocycles. The molecule has 0 amide bonds. The van der Waals surface area contributed by atoms with Crippen molar-refractivity contribution < 1.29 is 28.5 Å². The lowest BCUT2D eigenvalue weighted by Crippen LogP contribution is -2.25. The molecule has 2 atom stereocenters. The van der Waals surface area contributed by atoms with Crippen molar-refractivity contribution in [2.75, 3.05) is 26.4 Å². The molecule has 1 saturated carbocycles. The smallest absolute Gasteiger partial charge is 0.434 e. The molecule has 0 bridgehead atoms. The third kappa shape index (κ3) is 11.7. The van der Waals surface area contributed by atoms with Crippen LogP contribution >= 0.6 is 0 Å². The highest BCUT2D eigenvalue weighted by molar-refractivity contribution is 5.60. The van der Waals surface area contributed by atoms with Crippen molar-refractivity contribution in [2.24, 2.45) is 23.7 Å². The van der Waals surface area contributed by atoms with E-state index in [1.54, 1.807) is 0 Å². The first-order valence-electron chi connectivity index (χ1n) is 12.1. The maximum absolute atomic E-state index is 11.8. The molecule has 176 valence electrons. The molecule has 6 nitrogen and oxygen atoms in total. The minimum atomic E-state index is -0.550. The Morgan fingerprint density at radius 2 is 1.03 bits per heavy atom. The van der Waals surface area contributed by atoms with Gasteiger partial charge in [0.2, 0.25) is 0 Å². The second kappa shape index (κ2) is 16.3. The second-order valence-corrected chi connectivity index (χ2v) is 8.76. The zero-order chi connectivity index (χ0) is 22.2. The molecule has 1 aliphatic rings. The van der Waals surface area contributed by atoms with E-state index in [0.717, 1.165) is 64.2 Å². The average molecular weight is 429 g/mol. The van der Waals surface area contributed by atoms with E-state index in [-0.39, 0.29) is 0 Å². The zero-order valence-corrected chi connectivity index (χ0v) is 19.7. The summed E-state index contributed by atoms with van der Waals surface area (Å²) in [5.41, 5.74) is 0. The summed E-state index contributed by atoms with van der Waals surface area (Å²) in [5.74, 6) is 1.56. The predicted molar refractivity (Wildman–Crippen MR) is 117 cm³/mol. The van der Waals surface area contributed by atoms with Gasteiger partial charge >= 0.3 is 12.3 Å². The predicted octanol–water partition coefficient (Wildman–Crippen LogP) is 6.75. The molecule has 0 radical (unpaired) electrons. The van der Waals surface area contributed by atoms with Crippen LogP contribution in [-0.4, -0.2) is 38.7 Å². The lowest BCUT2D eigenvalue weighted by atomic mass is 9.83. The molecule has 0 aromatic carbocycles. The third-order valence-corrected chi connectivity index (χ3v) is 6.26. The standard InChI is InChI=1S/C24H44O6/c1-5-9-19(7-3)15-27-23(25)29-17-21-11-13-22(14-12-21)18-30-24(26)28-16-20(8-4)10-6-2/h19-22H,5-18H2,1-4H3. The summed E-state index contributed by atoms with van der Waals surface area (Å²) in [6, 6.07) is 0. The van der Waals surface area contributed by atoms with Crippen LogP contribution in [0.4, 0.5) is 9.59 Å². The SMILES string of the molecule is CCCC(CC)COC(=O)OCC1CCC(COC(=O)OCC(CC)CCC)CC1. The molecule has 6 heteroatoms. The van der Waals surface area contributed by atoms with Gasteiger partial charge < -0.3 is 18.9 Å². The third-order valence-electron chi connectivity index (χ3n) is 6.26. The normalized spacial score (nSPS) is 20.8. The lowest BCUT2D eigenvalue weighted by molar-refractivity contribution is 0.0155. The Labute approximate surface area is 183 Å². The van der Waals surface area contributed by atoms with E-state index in [9.17, 15) is 9.59 Å². The molecule has 1 aliphatic carbocycles. The van der Waals surface area contributed by atoms with E-state index in [1.165, 1.54) is 0 Å². The molecular weight excluding hydrogens is 384 g/mol. The molecule has 30 heavy (non-hydrogen) atoms. The summed E-state index contributed by atoms with van der Waals surface area (Å²) < 4.78 is 21.1. The highest BCUT2D eigenvalue weighted by Gasteiger charge is 2.24. The van der Waals surface area contributed by atoms with Gasteiger partial charge in [-0.25, -0.2) is 9.59 Å². The summed E-state index contributed by atoms with van der Waals surface area (Å²) in [6.07, 6.45) is 9.14. The fourth-order valence-electron chi connectivity index (χ4n) is 4.02. The van der Waals surface area contributed by atoms with E-state index in [0.29, 0.717) is 50.1 Å². The number of ether oxygens (including phenoxy) is 4. The number of hydrogen-bond donors (Lipinski definition) is 0. The van der Waals surface area contributed by atoms with E-state index >= 15 is 0 Å².